The van der Waals surface area contributed by atoms with Gasteiger partial charge in [0.05, 0.1) is 0 Å². The number of rotatable bonds is 15. The molecule has 0 aliphatic carbocycles. The van der Waals surface area contributed by atoms with E-state index in [1.807, 2.05) is 6.92 Å². The third-order valence-corrected chi connectivity index (χ3v) is 4.78. The van der Waals surface area contributed by atoms with Crippen LogP contribution in [0.5, 0.6) is 0 Å². The zero-order chi connectivity index (χ0) is 17.5. The number of aryl methyl sites for hydroxylation is 1. The maximum atomic E-state index is 10.6. The van der Waals surface area contributed by atoms with Gasteiger partial charge in [0.1, 0.15) is 0 Å². The van der Waals surface area contributed by atoms with Crippen molar-refractivity contribution in [1.29, 1.82) is 0 Å². The van der Waals surface area contributed by atoms with Gasteiger partial charge in [-0.3, -0.25) is 4.79 Å². The Labute approximate surface area is 148 Å². The SMILES string of the molecule is CC(CCCCCCCCCCCCc1ccccc1)CC(=O)O. The van der Waals surface area contributed by atoms with Crippen LogP contribution in [0.1, 0.15) is 89.5 Å². The largest absolute Gasteiger partial charge is 0.481 e. The number of hydrogen-bond acceptors (Lipinski definition) is 1. The van der Waals surface area contributed by atoms with Crippen LogP contribution in [-0.4, -0.2) is 11.1 Å². The van der Waals surface area contributed by atoms with Gasteiger partial charge in [0.2, 0.25) is 0 Å². The van der Waals surface area contributed by atoms with E-state index in [0.717, 1.165) is 6.42 Å². The lowest BCUT2D eigenvalue weighted by atomic mass is 9.99. The zero-order valence-electron chi connectivity index (χ0n) is 15.5. The van der Waals surface area contributed by atoms with Crippen LogP contribution < -0.4 is 0 Å². The number of unbranched alkanes of at least 4 members (excludes halogenated alkanes) is 9. The first-order valence-corrected chi connectivity index (χ1v) is 9.94. The molecule has 0 saturated carbocycles. The average Bonchev–Trinajstić information content (AvgIpc) is 2.56. The maximum absolute atomic E-state index is 10.6. The minimum Gasteiger partial charge on any atom is -0.481 e. The van der Waals surface area contributed by atoms with Crippen LogP contribution in [0.3, 0.4) is 0 Å². The predicted octanol–water partition coefficient (Wildman–Crippen LogP) is 6.63. The van der Waals surface area contributed by atoms with Gasteiger partial charge in [0.25, 0.3) is 0 Å². The van der Waals surface area contributed by atoms with Gasteiger partial charge < -0.3 is 5.11 Å². The average molecular weight is 333 g/mol. The molecule has 0 spiro atoms. The fraction of sp³-hybridized carbons (Fsp3) is 0.682. The molecule has 0 fully saturated rings. The van der Waals surface area contributed by atoms with Crippen molar-refractivity contribution in [3.8, 4) is 0 Å². The zero-order valence-corrected chi connectivity index (χ0v) is 15.5. The Morgan fingerprint density at radius 2 is 1.33 bits per heavy atom. The predicted molar refractivity (Wildman–Crippen MR) is 102 cm³/mol. The molecule has 1 unspecified atom stereocenters. The molecular weight excluding hydrogens is 296 g/mol. The lowest BCUT2D eigenvalue weighted by Gasteiger charge is -2.08. The number of carboxylic acids is 1. The summed E-state index contributed by atoms with van der Waals surface area (Å²) in [6, 6.07) is 10.8. The summed E-state index contributed by atoms with van der Waals surface area (Å²) in [5.74, 6) is -0.329. The summed E-state index contributed by atoms with van der Waals surface area (Å²) in [6.45, 7) is 2.05. The third-order valence-electron chi connectivity index (χ3n) is 4.78. The summed E-state index contributed by atoms with van der Waals surface area (Å²) >= 11 is 0. The van der Waals surface area contributed by atoms with E-state index >= 15 is 0 Å². The van der Waals surface area contributed by atoms with Crippen LogP contribution in [0, 0.1) is 5.92 Å². The second-order valence-electron chi connectivity index (χ2n) is 7.26. The molecule has 0 amide bonds. The molecule has 1 N–H and O–H groups in total. The fourth-order valence-electron chi connectivity index (χ4n) is 3.28. The van der Waals surface area contributed by atoms with Gasteiger partial charge in [0.15, 0.2) is 0 Å². The van der Waals surface area contributed by atoms with Crippen molar-refractivity contribution >= 4 is 5.97 Å². The Morgan fingerprint density at radius 3 is 1.88 bits per heavy atom. The van der Waals surface area contributed by atoms with E-state index in [1.165, 1.54) is 76.2 Å². The number of benzene rings is 1. The molecule has 0 bridgehead atoms. The summed E-state index contributed by atoms with van der Waals surface area (Å²) in [5, 5.41) is 8.72. The molecule has 0 aliphatic rings. The smallest absolute Gasteiger partial charge is 0.303 e. The molecule has 0 radical (unpaired) electrons. The molecule has 24 heavy (non-hydrogen) atoms. The van der Waals surface area contributed by atoms with Crippen LogP contribution in [0.4, 0.5) is 0 Å². The van der Waals surface area contributed by atoms with E-state index in [0.29, 0.717) is 12.3 Å². The van der Waals surface area contributed by atoms with Gasteiger partial charge in [-0.2, -0.15) is 0 Å². The van der Waals surface area contributed by atoms with Gasteiger partial charge in [-0.1, -0.05) is 101 Å². The molecule has 136 valence electrons. The number of carboxylic acid groups (broad SMARTS) is 1. The van der Waals surface area contributed by atoms with E-state index in [4.69, 9.17) is 5.11 Å². The van der Waals surface area contributed by atoms with E-state index in [2.05, 4.69) is 30.3 Å². The van der Waals surface area contributed by atoms with E-state index in [9.17, 15) is 4.79 Å². The summed E-state index contributed by atoms with van der Waals surface area (Å²) in [7, 11) is 0. The topological polar surface area (TPSA) is 37.3 Å². The molecule has 0 aromatic heterocycles. The van der Waals surface area contributed by atoms with E-state index in [1.54, 1.807) is 0 Å². The van der Waals surface area contributed by atoms with Crippen molar-refractivity contribution in [2.24, 2.45) is 5.92 Å². The standard InChI is InChI=1S/C22H36O2/c1-20(19-22(23)24)15-11-8-6-4-2-3-5-7-9-12-16-21-17-13-10-14-18-21/h10,13-14,17-18,20H,2-9,11-12,15-16,19H2,1H3,(H,23,24). The Kier molecular flexibility index (Phi) is 12.2. The molecule has 1 aromatic carbocycles. The van der Waals surface area contributed by atoms with Gasteiger partial charge >= 0.3 is 5.97 Å². The van der Waals surface area contributed by atoms with Crippen molar-refractivity contribution in [1.82, 2.24) is 0 Å². The van der Waals surface area contributed by atoms with Crippen LogP contribution >= 0.6 is 0 Å². The van der Waals surface area contributed by atoms with Crippen molar-refractivity contribution in [2.45, 2.75) is 90.4 Å². The maximum Gasteiger partial charge on any atom is 0.303 e. The Hall–Kier alpha value is -1.31. The van der Waals surface area contributed by atoms with Gasteiger partial charge in [-0.25, -0.2) is 0 Å². The van der Waals surface area contributed by atoms with Crippen LogP contribution in [-0.2, 0) is 11.2 Å². The number of carbonyl (C=O) groups is 1. The van der Waals surface area contributed by atoms with Gasteiger partial charge in [0, 0.05) is 6.42 Å². The molecule has 2 nitrogen and oxygen atoms in total. The van der Waals surface area contributed by atoms with Gasteiger partial charge in [-0.05, 0) is 24.3 Å². The van der Waals surface area contributed by atoms with Crippen LogP contribution in [0.2, 0.25) is 0 Å². The van der Waals surface area contributed by atoms with Crippen molar-refractivity contribution in [2.75, 3.05) is 0 Å². The highest BCUT2D eigenvalue weighted by molar-refractivity contribution is 5.66. The first-order chi connectivity index (χ1) is 11.7. The highest BCUT2D eigenvalue weighted by Crippen LogP contribution is 2.16. The molecule has 0 aliphatic heterocycles. The second kappa shape index (κ2) is 14.1. The van der Waals surface area contributed by atoms with Crippen LogP contribution in [0.25, 0.3) is 0 Å². The molecule has 2 heteroatoms. The van der Waals surface area contributed by atoms with E-state index in [-0.39, 0.29) is 0 Å². The molecule has 1 atom stereocenters. The fourth-order valence-corrected chi connectivity index (χ4v) is 3.28. The highest BCUT2D eigenvalue weighted by Gasteiger charge is 2.06. The van der Waals surface area contributed by atoms with Crippen molar-refractivity contribution in [3.05, 3.63) is 35.9 Å². The summed E-state index contributed by atoms with van der Waals surface area (Å²) in [4.78, 5) is 10.6. The van der Waals surface area contributed by atoms with E-state index < -0.39 is 5.97 Å². The minimum absolute atomic E-state index is 0.324. The lowest BCUT2D eigenvalue weighted by Crippen LogP contribution is -2.03. The normalized spacial score (nSPS) is 12.2. The van der Waals surface area contributed by atoms with Gasteiger partial charge in [-0.15, -0.1) is 0 Å². The monoisotopic (exact) mass is 332 g/mol. The molecule has 0 saturated heterocycles. The Bertz CT molecular complexity index is 413. The summed E-state index contributed by atoms with van der Waals surface area (Å²) in [6.07, 6.45) is 15.9. The molecule has 1 aromatic rings. The summed E-state index contributed by atoms with van der Waals surface area (Å²) in [5.41, 5.74) is 1.47. The lowest BCUT2D eigenvalue weighted by molar-refractivity contribution is -0.138. The molecule has 1 rings (SSSR count). The summed E-state index contributed by atoms with van der Waals surface area (Å²) < 4.78 is 0. The molecule has 0 heterocycles. The first kappa shape index (κ1) is 20.7. The Balaban J connectivity index is 1.78. The number of hydrogen-bond donors (Lipinski definition) is 1. The van der Waals surface area contributed by atoms with Crippen molar-refractivity contribution < 1.29 is 9.90 Å². The van der Waals surface area contributed by atoms with Crippen LogP contribution in [0.15, 0.2) is 30.3 Å². The minimum atomic E-state index is -0.661. The quantitative estimate of drug-likeness (QED) is 0.366. The second-order valence-corrected chi connectivity index (χ2v) is 7.26. The third kappa shape index (κ3) is 12.2. The first-order valence-electron chi connectivity index (χ1n) is 9.94. The highest BCUT2D eigenvalue weighted by atomic mass is 16.4. The number of aliphatic carboxylic acids is 1. The van der Waals surface area contributed by atoms with Crippen molar-refractivity contribution in [3.63, 3.8) is 0 Å². The Morgan fingerprint density at radius 1 is 0.833 bits per heavy atom. The molecular formula is C22H36O2.